The fraction of sp³-hybridized carbons (Fsp3) is 0.382. The molecule has 0 fully saturated rings. The lowest BCUT2D eigenvalue weighted by Gasteiger charge is -2.19. The van der Waals surface area contributed by atoms with Crippen molar-refractivity contribution in [3.63, 3.8) is 0 Å². The second kappa shape index (κ2) is 22.5. The maximum absolute atomic E-state index is 12.9. The number of benzene rings is 1. The summed E-state index contributed by atoms with van der Waals surface area (Å²) in [5.41, 5.74) is 5.96. The van der Waals surface area contributed by atoms with Crippen molar-refractivity contribution in [3.8, 4) is 0 Å². The molecule has 2 aromatic heterocycles. The molecular weight excluding hydrogens is 817 g/mol. The van der Waals surface area contributed by atoms with Crippen molar-refractivity contribution in [3.05, 3.63) is 52.1 Å². The van der Waals surface area contributed by atoms with E-state index in [4.69, 9.17) is 5.73 Å². The molecule has 0 aliphatic heterocycles. The Morgan fingerprint density at radius 2 is 1.35 bits per heavy atom. The number of aromatic nitrogens is 4. The molecule has 0 saturated carbocycles. The molecule has 322 valence electrons. The van der Waals surface area contributed by atoms with Gasteiger partial charge in [-0.2, -0.15) is 17.6 Å². The van der Waals surface area contributed by atoms with Gasteiger partial charge in [-0.25, -0.2) is 14.8 Å². The number of aliphatic carboxylic acids is 3. The molecule has 3 rings (SSSR count). The minimum absolute atomic E-state index is 0.0137. The van der Waals surface area contributed by atoms with Crippen molar-refractivity contribution >= 4 is 88.8 Å². The molecule has 2 heterocycles. The van der Waals surface area contributed by atoms with Crippen molar-refractivity contribution in [2.24, 2.45) is 0 Å². The van der Waals surface area contributed by atoms with Crippen LogP contribution in [0.15, 0.2) is 35.3 Å². The highest BCUT2D eigenvalue weighted by atomic mass is 32.1. The molecule has 0 aliphatic carbocycles. The topological polar surface area (TPSA) is 396 Å². The number of nitrogens with one attached hydrogen (secondary N) is 8. The molecule has 0 aliphatic rings. The number of carboxylic acids is 3. The molecule has 3 aromatic rings. The van der Waals surface area contributed by atoms with Crippen LogP contribution in [0.25, 0.3) is 11.2 Å². The summed E-state index contributed by atoms with van der Waals surface area (Å²) in [5, 5.41) is 44.4. The van der Waals surface area contributed by atoms with Crippen LogP contribution in [-0.2, 0) is 44.9 Å². The molecule has 60 heavy (non-hydrogen) atoms. The number of amides is 6. The number of anilines is 2. The summed E-state index contributed by atoms with van der Waals surface area (Å²) in [6.45, 7) is 0.335. The average molecular weight is 859 g/mol. The first-order valence-electron chi connectivity index (χ1n) is 17.7. The van der Waals surface area contributed by atoms with E-state index in [0.29, 0.717) is 17.1 Å². The highest BCUT2D eigenvalue weighted by molar-refractivity contribution is 7.80. The zero-order chi connectivity index (χ0) is 44.5. The van der Waals surface area contributed by atoms with Crippen LogP contribution in [-0.4, -0.2) is 132 Å². The number of H-pyrrole nitrogens is 1. The largest absolute Gasteiger partial charge is 0.481 e. The van der Waals surface area contributed by atoms with E-state index in [0.717, 1.165) is 0 Å². The van der Waals surface area contributed by atoms with E-state index >= 15 is 0 Å². The molecule has 0 bridgehead atoms. The lowest BCUT2D eigenvalue weighted by atomic mass is 10.1. The number of carboxylic acid groups (broad SMARTS) is 3. The number of carbonyl (C=O) groups is 9. The van der Waals surface area contributed by atoms with Gasteiger partial charge >= 0.3 is 17.9 Å². The first-order chi connectivity index (χ1) is 28.3. The maximum atomic E-state index is 12.9. The Kier molecular flexibility index (Phi) is 17.6. The summed E-state index contributed by atoms with van der Waals surface area (Å²) in [5.74, 6) is -10.0. The van der Waals surface area contributed by atoms with Gasteiger partial charge in [-0.15, -0.1) is 0 Å². The van der Waals surface area contributed by atoms with Crippen LogP contribution >= 0.6 is 12.6 Å². The number of aromatic amines is 1. The minimum atomic E-state index is -1.77. The Morgan fingerprint density at radius 1 is 0.783 bits per heavy atom. The number of hydrogen-bond donors (Lipinski definition) is 13. The van der Waals surface area contributed by atoms with Gasteiger partial charge in [-0.05, 0) is 37.6 Å². The maximum Gasteiger partial charge on any atom is 0.326 e. The molecule has 13 N–H and O–H groups in total. The van der Waals surface area contributed by atoms with Gasteiger partial charge in [0.1, 0.15) is 18.1 Å². The average Bonchev–Trinajstić information content (AvgIpc) is 3.18. The van der Waals surface area contributed by atoms with Gasteiger partial charge < -0.3 is 58.3 Å². The van der Waals surface area contributed by atoms with Crippen molar-refractivity contribution in [2.75, 3.05) is 29.9 Å². The third-order valence-corrected chi connectivity index (χ3v) is 8.51. The predicted octanol–water partition coefficient (Wildman–Crippen LogP) is -3.54. The van der Waals surface area contributed by atoms with Gasteiger partial charge in [0, 0.05) is 29.5 Å². The number of nitrogens with two attached hydrogens (primary N) is 1. The summed E-state index contributed by atoms with van der Waals surface area (Å²) in [7, 11) is 0. The first-order valence-corrected chi connectivity index (χ1v) is 18.3. The third-order valence-electron chi connectivity index (χ3n) is 7.96. The fourth-order valence-corrected chi connectivity index (χ4v) is 5.09. The highest BCUT2D eigenvalue weighted by Crippen LogP contribution is 2.13. The fourth-order valence-electron chi connectivity index (χ4n) is 4.99. The number of nitrogen functional groups attached to an aromatic ring is 1. The normalized spacial score (nSPS) is 12.7. The van der Waals surface area contributed by atoms with Gasteiger partial charge in [0.2, 0.25) is 35.5 Å². The van der Waals surface area contributed by atoms with Crippen LogP contribution in [0.2, 0.25) is 0 Å². The molecule has 1 aromatic carbocycles. The minimum Gasteiger partial charge on any atom is -0.481 e. The van der Waals surface area contributed by atoms with E-state index in [1.807, 2.05) is 0 Å². The highest BCUT2D eigenvalue weighted by Gasteiger charge is 2.28. The monoisotopic (exact) mass is 858 g/mol. The van der Waals surface area contributed by atoms with E-state index in [2.05, 4.69) is 69.8 Å². The van der Waals surface area contributed by atoms with Gasteiger partial charge in [0.25, 0.3) is 11.5 Å². The summed E-state index contributed by atoms with van der Waals surface area (Å²) >= 11 is 4.01. The van der Waals surface area contributed by atoms with Crippen molar-refractivity contribution in [2.45, 2.75) is 63.3 Å². The molecular formula is C34H42N12O13S. The van der Waals surface area contributed by atoms with Crippen LogP contribution in [0, 0.1) is 0 Å². The number of hydrogen-bond acceptors (Lipinski definition) is 16. The lowest BCUT2D eigenvalue weighted by molar-refractivity contribution is -0.141. The van der Waals surface area contributed by atoms with Crippen molar-refractivity contribution < 1.29 is 58.5 Å². The molecule has 26 heteroatoms. The smallest absolute Gasteiger partial charge is 0.326 e. The summed E-state index contributed by atoms with van der Waals surface area (Å²) < 4.78 is 0. The Labute approximate surface area is 343 Å². The molecule has 0 spiro atoms. The van der Waals surface area contributed by atoms with Crippen molar-refractivity contribution in [1.29, 1.82) is 0 Å². The Balaban J connectivity index is 1.51. The standard InChI is InChI=1S/C34H42N12O13S/c1-15(14-60)40-23(48)12-38-31(56)21(9-26(52)53)43-24(49)13-39-30(55)20(8-25(50)51)42-22(47)7-6-19(33(58)59)44-29(54)16-2-4-17(5-3-16)36-10-18-11-37-28-27(41-18)32(57)46-34(35)45-28/h2-5,11,15,19-21,36,60H,6-10,12-14H2,1H3,(H,38,56)(H,39,55)(H,40,48)(H,42,47)(H,43,49)(H,44,54)(H,50,51)(H,52,53)(H,58,59)(H3,35,37,45,46,57)/t15-,19+,20+,21+/m1/s1. The van der Waals surface area contributed by atoms with E-state index in [9.17, 15) is 63.3 Å². The second-order valence-electron chi connectivity index (χ2n) is 12.8. The molecule has 0 saturated heterocycles. The van der Waals surface area contributed by atoms with Crippen LogP contribution in [0.4, 0.5) is 11.6 Å². The summed E-state index contributed by atoms with van der Waals surface area (Å²) in [6, 6.07) is 0.430. The quantitative estimate of drug-likeness (QED) is 0.0411. The summed E-state index contributed by atoms with van der Waals surface area (Å²) in [4.78, 5) is 137. The first kappa shape index (κ1) is 47.0. The molecule has 6 amide bonds. The Morgan fingerprint density at radius 3 is 1.90 bits per heavy atom. The van der Waals surface area contributed by atoms with Gasteiger partial charge in [-0.1, -0.05) is 0 Å². The van der Waals surface area contributed by atoms with Crippen LogP contribution in [0.3, 0.4) is 0 Å². The third kappa shape index (κ3) is 15.5. The van der Waals surface area contributed by atoms with Crippen LogP contribution in [0.5, 0.6) is 0 Å². The Bertz CT molecular complexity index is 2170. The number of rotatable bonds is 23. The molecule has 0 radical (unpaired) electrons. The second-order valence-corrected chi connectivity index (χ2v) is 13.2. The number of fused-ring (bicyclic) bond motifs is 1. The van der Waals surface area contributed by atoms with E-state index in [1.165, 1.54) is 30.5 Å². The van der Waals surface area contributed by atoms with Crippen molar-refractivity contribution in [1.82, 2.24) is 51.8 Å². The van der Waals surface area contributed by atoms with Crippen LogP contribution < -0.4 is 48.5 Å². The van der Waals surface area contributed by atoms with Crippen LogP contribution in [0.1, 0.15) is 48.7 Å². The predicted molar refractivity (Wildman–Crippen MR) is 210 cm³/mol. The number of carbonyl (C=O) groups excluding carboxylic acids is 6. The Hall–Kier alpha value is -7.38. The van der Waals surface area contributed by atoms with Gasteiger partial charge in [0.15, 0.2) is 11.2 Å². The lowest BCUT2D eigenvalue weighted by Crippen LogP contribution is -2.54. The van der Waals surface area contributed by atoms with Gasteiger partial charge in [-0.3, -0.25) is 48.1 Å². The van der Waals surface area contributed by atoms with E-state index < -0.39 is 116 Å². The van der Waals surface area contributed by atoms with Gasteiger partial charge in [0.05, 0.1) is 44.4 Å². The zero-order valence-electron chi connectivity index (χ0n) is 31.6. The molecule has 4 atom stereocenters. The van der Waals surface area contributed by atoms with E-state index in [1.54, 1.807) is 6.92 Å². The SMILES string of the molecule is C[C@H](CS)NC(=O)CNC(=O)[C@H](CC(=O)O)NC(=O)CNC(=O)[C@H](CC(=O)O)NC(=O)CC[C@H](NC(=O)c1ccc(NCc2cnc3nc(N)[nH]c(=O)c3n2)cc1)C(=O)O. The zero-order valence-corrected chi connectivity index (χ0v) is 32.5. The number of thiol groups is 1. The number of nitrogens with zero attached hydrogens (tertiary/aromatic N) is 3. The van der Waals surface area contributed by atoms with E-state index in [-0.39, 0.29) is 35.3 Å². The molecule has 25 nitrogen and oxygen atoms in total. The molecule has 0 unspecified atom stereocenters. The summed E-state index contributed by atoms with van der Waals surface area (Å²) in [6.07, 6.45) is -1.56.